The summed E-state index contributed by atoms with van der Waals surface area (Å²) in [7, 11) is 0. The topological polar surface area (TPSA) is 80.3 Å². The van der Waals surface area contributed by atoms with Gasteiger partial charge in [0, 0.05) is 5.57 Å². The number of aliphatic carboxylic acids is 2. The predicted octanol–water partition coefficient (Wildman–Crippen LogP) is 0.312. The molecule has 1 rings (SSSR count). The molecule has 0 spiro atoms. The maximum absolute atomic E-state index is 10.9. The molecule has 0 amide bonds. The van der Waals surface area contributed by atoms with E-state index in [1.54, 1.807) is 12.1 Å². The van der Waals surface area contributed by atoms with Crippen LogP contribution in [0, 0.1) is 0 Å². The Labute approximate surface area is 165 Å². The summed E-state index contributed by atoms with van der Waals surface area (Å²) in [6.45, 7) is 2.15. The monoisotopic (exact) mass is 412 g/mol. The molecule has 0 radical (unpaired) electrons. The Morgan fingerprint density at radius 1 is 1.05 bits per heavy atom. The first-order valence-corrected chi connectivity index (χ1v) is 6.78. The maximum Gasteiger partial charge on any atom is 2.00 e. The van der Waals surface area contributed by atoms with Crippen LogP contribution in [0.2, 0.25) is 0 Å². The summed E-state index contributed by atoms with van der Waals surface area (Å²) >= 11 is 0. The third-order valence-corrected chi connectivity index (χ3v) is 3.07. The SMILES string of the molecule is CCCCCCc1ccc(/C(=C/C(=O)[O-])C(=O)[O-])cc1.[Ba+2]. The summed E-state index contributed by atoms with van der Waals surface area (Å²) in [4.78, 5) is 21.4. The third kappa shape index (κ3) is 7.88. The standard InChI is InChI=1S/C16H20O4.Ba/c1-2-3-4-5-6-12-7-9-13(10-8-12)14(16(19)20)11-15(17)18;/h7-11H,2-6H2,1H3,(H,17,18)(H,19,20);/q;+2/p-2/b14-11-;. The molecule has 0 unspecified atom stereocenters. The molecule has 0 atom stereocenters. The van der Waals surface area contributed by atoms with Crippen molar-refractivity contribution in [3.8, 4) is 0 Å². The van der Waals surface area contributed by atoms with Crippen molar-refractivity contribution >= 4 is 66.4 Å². The van der Waals surface area contributed by atoms with Crippen molar-refractivity contribution in [2.75, 3.05) is 0 Å². The molecule has 0 fully saturated rings. The number of carbonyl (C=O) groups excluding carboxylic acids is 2. The van der Waals surface area contributed by atoms with Gasteiger partial charge in [-0.15, -0.1) is 0 Å². The van der Waals surface area contributed by atoms with Gasteiger partial charge in [-0.3, -0.25) is 0 Å². The van der Waals surface area contributed by atoms with Crippen LogP contribution in [-0.2, 0) is 16.0 Å². The first-order chi connectivity index (χ1) is 9.54. The van der Waals surface area contributed by atoms with Crippen LogP contribution >= 0.6 is 0 Å². The second-order valence-corrected chi connectivity index (χ2v) is 4.67. The molecule has 0 aliphatic heterocycles. The third-order valence-electron chi connectivity index (χ3n) is 3.07. The number of aryl methyl sites for hydroxylation is 1. The fourth-order valence-corrected chi connectivity index (χ4v) is 1.98. The molecule has 0 aliphatic carbocycles. The van der Waals surface area contributed by atoms with Gasteiger partial charge in [0.15, 0.2) is 0 Å². The number of hydrogen-bond donors (Lipinski definition) is 0. The number of unbranched alkanes of at least 4 members (excludes halogenated alkanes) is 3. The molecule has 0 saturated heterocycles. The molecule has 21 heavy (non-hydrogen) atoms. The van der Waals surface area contributed by atoms with E-state index in [9.17, 15) is 19.8 Å². The molecule has 108 valence electrons. The largest absolute Gasteiger partial charge is 2.00 e. The van der Waals surface area contributed by atoms with Crippen LogP contribution in [0.15, 0.2) is 30.3 Å². The molecule has 1 aromatic carbocycles. The van der Waals surface area contributed by atoms with E-state index in [2.05, 4.69) is 6.92 Å². The molecule has 0 heterocycles. The van der Waals surface area contributed by atoms with E-state index in [1.807, 2.05) is 12.1 Å². The van der Waals surface area contributed by atoms with Gasteiger partial charge in [0.2, 0.25) is 0 Å². The molecule has 4 nitrogen and oxygen atoms in total. The van der Waals surface area contributed by atoms with Gasteiger partial charge >= 0.3 is 48.9 Å². The minimum Gasteiger partial charge on any atom is -0.545 e. The van der Waals surface area contributed by atoms with Gasteiger partial charge in [-0.2, -0.15) is 0 Å². The van der Waals surface area contributed by atoms with Crippen LogP contribution in [-0.4, -0.2) is 60.8 Å². The second-order valence-electron chi connectivity index (χ2n) is 4.67. The molecule has 5 heteroatoms. The average Bonchev–Trinajstić information content (AvgIpc) is 2.41. The van der Waals surface area contributed by atoms with E-state index >= 15 is 0 Å². The van der Waals surface area contributed by atoms with E-state index in [4.69, 9.17) is 0 Å². The van der Waals surface area contributed by atoms with Crippen molar-refractivity contribution in [2.24, 2.45) is 0 Å². The smallest absolute Gasteiger partial charge is 0.545 e. The van der Waals surface area contributed by atoms with Crippen molar-refractivity contribution in [3.05, 3.63) is 41.5 Å². The molecule has 0 N–H and O–H groups in total. The normalized spacial score (nSPS) is 10.8. The number of rotatable bonds is 8. The molecule has 0 aromatic heterocycles. The molecule has 0 aliphatic rings. The van der Waals surface area contributed by atoms with Crippen LogP contribution in [0.3, 0.4) is 0 Å². The number of carboxylic acid groups (broad SMARTS) is 2. The molecular formula is C16H18BaO4. The number of hydrogen-bond acceptors (Lipinski definition) is 4. The summed E-state index contributed by atoms with van der Waals surface area (Å²) < 4.78 is 0. The molecule has 1 aromatic rings. The number of carboxylic acids is 2. The Balaban J connectivity index is 0.00000400. The van der Waals surface area contributed by atoms with Crippen LogP contribution in [0.1, 0.15) is 43.7 Å². The Bertz CT molecular complexity index is 492. The minimum absolute atomic E-state index is 0. The van der Waals surface area contributed by atoms with Gasteiger partial charge in [0.25, 0.3) is 0 Å². The Morgan fingerprint density at radius 3 is 2.14 bits per heavy atom. The zero-order valence-electron chi connectivity index (χ0n) is 12.3. The Morgan fingerprint density at radius 2 is 1.67 bits per heavy atom. The van der Waals surface area contributed by atoms with E-state index in [0.29, 0.717) is 11.6 Å². The first kappa shape index (κ1) is 20.5. The minimum atomic E-state index is -1.55. The van der Waals surface area contributed by atoms with Crippen molar-refractivity contribution < 1.29 is 19.8 Å². The first-order valence-electron chi connectivity index (χ1n) is 6.78. The van der Waals surface area contributed by atoms with E-state index in [1.165, 1.54) is 19.3 Å². The van der Waals surface area contributed by atoms with Crippen molar-refractivity contribution in [1.29, 1.82) is 0 Å². The summed E-state index contributed by atoms with van der Waals surface area (Å²) in [5.41, 5.74) is 1.05. The second kappa shape index (κ2) is 11.1. The van der Waals surface area contributed by atoms with Gasteiger partial charge in [-0.25, -0.2) is 0 Å². The van der Waals surface area contributed by atoms with Gasteiger partial charge < -0.3 is 19.8 Å². The number of carbonyl (C=O) groups is 2. The summed E-state index contributed by atoms with van der Waals surface area (Å²) in [6, 6.07) is 6.82. The van der Waals surface area contributed by atoms with Gasteiger partial charge in [0.1, 0.15) is 0 Å². The quantitative estimate of drug-likeness (QED) is 0.350. The van der Waals surface area contributed by atoms with Crippen LogP contribution in [0.4, 0.5) is 0 Å². The van der Waals surface area contributed by atoms with Crippen molar-refractivity contribution in [3.63, 3.8) is 0 Å². The number of benzene rings is 1. The summed E-state index contributed by atoms with van der Waals surface area (Å²) in [5.74, 6) is -3.07. The van der Waals surface area contributed by atoms with E-state index in [-0.39, 0.29) is 54.5 Å². The molecule has 0 bridgehead atoms. The zero-order valence-corrected chi connectivity index (χ0v) is 16.7. The van der Waals surface area contributed by atoms with Crippen LogP contribution in [0.25, 0.3) is 5.57 Å². The summed E-state index contributed by atoms with van der Waals surface area (Å²) in [6.07, 6.45) is 6.14. The van der Waals surface area contributed by atoms with Crippen LogP contribution < -0.4 is 10.2 Å². The Hall–Kier alpha value is -0.529. The summed E-state index contributed by atoms with van der Waals surface area (Å²) in [5, 5.41) is 21.4. The fraction of sp³-hybridized carbons (Fsp3) is 0.375. The zero-order chi connectivity index (χ0) is 15.0. The molecular weight excluding hydrogens is 394 g/mol. The van der Waals surface area contributed by atoms with E-state index < -0.39 is 11.9 Å². The van der Waals surface area contributed by atoms with Crippen molar-refractivity contribution in [2.45, 2.75) is 39.0 Å². The van der Waals surface area contributed by atoms with E-state index in [0.717, 1.165) is 18.4 Å². The Kier molecular flexibility index (Phi) is 10.8. The molecule has 0 saturated carbocycles. The van der Waals surface area contributed by atoms with Gasteiger partial charge in [0.05, 0.1) is 11.9 Å². The predicted molar refractivity (Wildman–Crippen MR) is 78.0 cm³/mol. The average molecular weight is 412 g/mol. The van der Waals surface area contributed by atoms with Crippen molar-refractivity contribution in [1.82, 2.24) is 0 Å². The van der Waals surface area contributed by atoms with Gasteiger partial charge in [-0.1, -0.05) is 50.5 Å². The van der Waals surface area contributed by atoms with Gasteiger partial charge in [-0.05, 0) is 30.0 Å². The van der Waals surface area contributed by atoms with Crippen LogP contribution in [0.5, 0.6) is 0 Å². The maximum atomic E-state index is 10.9. The fourth-order valence-electron chi connectivity index (χ4n) is 1.98.